The third-order valence-electron chi connectivity index (χ3n) is 1.95. The highest BCUT2D eigenvalue weighted by Gasteiger charge is 2.30. The SMILES string of the molecule is [2H]C([2H])([2H])[N+](C)(C)C[C@@H](CC(=O)O)OC(=O)C(C)(C)C. The van der Waals surface area contributed by atoms with Crippen LogP contribution in [0.4, 0.5) is 0 Å². The number of hydrogen-bond donors (Lipinski definition) is 1. The summed E-state index contributed by atoms with van der Waals surface area (Å²) >= 11 is 0. The predicted molar refractivity (Wildman–Crippen MR) is 64.5 cm³/mol. The van der Waals surface area contributed by atoms with E-state index < -0.39 is 41.3 Å². The number of esters is 1. The molecule has 0 aromatic rings. The van der Waals surface area contributed by atoms with E-state index in [9.17, 15) is 9.59 Å². The zero-order chi connectivity index (χ0) is 16.4. The number of ether oxygens (including phenoxy) is 1. The van der Waals surface area contributed by atoms with Crippen LogP contribution < -0.4 is 0 Å². The monoisotopic (exact) mass is 249 g/mol. The molecule has 0 radical (unpaired) electrons. The first-order valence-corrected chi connectivity index (χ1v) is 5.43. The van der Waals surface area contributed by atoms with Gasteiger partial charge in [0.1, 0.15) is 6.54 Å². The van der Waals surface area contributed by atoms with Crippen molar-refractivity contribution in [1.29, 1.82) is 0 Å². The number of quaternary nitrogens is 1. The number of aliphatic carboxylic acids is 1. The molecule has 1 atom stereocenters. The van der Waals surface area contributed by atoms with Crippen LogP contribution in [0.5, 0.6) is 0 Å². The number of carboxylic acids is 1. The Bertz CT molecular complexity index is 372. The third kappa shape index (κ3) is 7.74. The molecule has 0 rings (SSSR count). The molecule has 0 unspecified atom stereocenters. The molecule has 0 bridgehead atoms. The molecule has 100 valence electrons. The van der Waals surface area contributed by atoms with Crippen LogP contribution >= 0.6 is 0 Å². The first-order chi connectivity index (χ1) is 8.67. The molecule has 0 amide bonds. The molecule has 0 saturated carbocycles. The Morgan fingerprint density at radius 3 is 2.29 bits per heavy atom. The molecule has 0 heterocycles. The smallest absolute Gasteiger partial charge is 0.311 e. The molecule has 5 heteroatoms. The summed E-state index contributed by atoms with van der Waals surface area (Å²) in [4.78, 5) is 22.7. The summed E-state index contributed by atoms with van der Waals surface area (Å²) < 4.78 is 27.0. The van der Waals surface area contributed by atoms with Gasteiger partial charge in [-0.2, -0.15) is 0 Å². The van der Waals surface area contributed by atoms with Crippen LogP contribution in [-0.4, -0.2) is 55.2 Å². The second-order valence-corrected chi connectivity index (χ2v) is 5.74. The summed E-state index contributed by atoms with van der Waals surface area (Å²) in [5.74, 6) is -1.68. The van der Waals surface area contributed by atoms with Crippen molar-refractivity contribution in [1.82, 2.24) is 0 Å². The molecule has 0 saturated heterocycles. The molecule has 0 spiro atoms. The van der Waals surface area contributed by atoms with Gasteiger partial charge in [0, 0.05) is 0 Å². The summed E-state index contributed by atoms with van der Waals surface area (Å²) in [6, 6.07) is 0. The maximum atomic E-state index is 11.8. The lowest BCUT2D eigenvalue weighted by Crippen LogP contribution is -2.44. The van der Waals surface area contributed by atoms with Crippen LogP contribution in [0.1, 0.15) is 31.3 Å². The zero-order valence-corrected chi connectivity index (χ0v) is 11.1. The summed E-state index contributed by atoms with van der Waals surface area (Å²) in [7, 11) is 2.90. The molecule has 0 aromatic heterocycles. The molecular formula is C12H24NO4+. The highest BCUT2D eigenvalue weighted by molar-refractivity contribution is 5.76. The Balaban J connectivity index is 5.01. The lowest BCUT2D eigenvalue weighted by molar-refractivity contribution is -0.873. The molecular weight excluding hydrogens is 222 g/mol. The van der Waals surface area contributed by atoms with Gasteiger partial charge in [0.05, 0.1) is 37.0 Å². The van der Waals surface area contributed by atoms with E-state index >= 15 is 0 Å². The fourth-order valence-corrected chi connectivity index (χ4v) is 1.18. The van der Waals surface area contributed by atoms with E-state index in [0.29, 0.717) is 0 Å². The topological polar surface area (TPSA) is 63.6 Å². The van der Waals surface area contributed by atoms with Crippen LogP contribution in [0.15, 0.2) is 0 Å². The largest absolute Gasteiger partial charge is 0.481 e. The molecule has 17 heavy (non-hydrogen) atoms. The molecule has 1 N–H and O–H groups in total. The van der Waals surface area contributed by atoms with Gasteiger partial charge < -0.3 is 14.3 Å². The minimum atomic E-state index is -2.31. The van der Waals surface area contributed by atoms with E-state index in [2.05, 4.69) is 0 Å². The minimum absolute atomic E-state index is 0.0926. The second-order valence-electron chi connectivity index (χ2n) is 5.74. The van der Waals surface area contributed by atoms with E-state index in [4.69, 9.17) is 14.0 Å². The Kier molecular flexibility index (Phi) is 3.56. The van der Waals surface area contributed by atoms with Crippen LogP contribution in [0, 0.1) is 5.41 Å². The van der Waals surface area contributed by atoms with Crippen molar-refractivity contribution in [2.24, 2.45) is 5.41 Å². The number of hydrogen-bond acceptors (Lipinski definition) is 3. The number of rotatable bonds is 5. The summed E-state index contributed by atoms with van der Waals surface area (Å²) in [5, 5.41) is 8.86. The highest BCUT2D eigenvalue weighted by Crippen LogP contribution is 2.18. The number of nitrogens with zero attached hydrogens (tertiary/aromatic N) is 1. The Labute approximate surface area is 107 Å². The van der Waals surface area contributed by atoms with Crippen molar-refractivity contribution >= 4 is 11.9 Å². The second kappa shape index (κ2) is 5.49. The van der Waals surface area contributed by atoms with E-state index in [1.165, 1.54) is 14.1 Å². The van der Waals surface area contributed by atoms with Crippen molar-refractivity contribution in [3.8, 4) is 0 Å². The molecule has 5 nitrogen and oxygen atoms in total. The van der Waals surface area contributed by atoms with Gasteiger partial charge in [0.2, 0.25) is 0 Å². The van der Waals surface area contributed by atoms with Gasteiger partial charge in [-0.1, -0.05) is 0 Å². The van der Waals surface area contributed by atoms with Crippen molar-refractivity contribution < 1.29 is 28.0 Å². The van der Waals surface area contributed by atoms with E-state index in [0.717, 1.165) is 0 Å². The normalized spacial score (nSPS) is 17.6. The highest BCUT2D eigenvalue weighted by atomic mass is 16.5. The molecule has 0 aliphatic carbocycles. The first kappa shape index (κ1) is 11.0. The zero-order valence-electron chi connectivity index (χ0n) is 14.1. The number of carbonyl (C=O) groups excluding carboxylic acids is 1. The van der Waals surface area contributed by atoms with E-state index in [-0.39, 0.29) is 6.54 Å². The fourth-order valence-electron chi connectivity index (χ4n) is 1.18. The number of likely N-dealkylation sites (N-methyl/N-ethyl adjacent to an activating group) is 1. The van der Waals surface area contributed by atoms with Gasteiger partial charge in [0.15, 0.2) is 6.10 Å². The number of carbonyl (C=O) groups is 2. The quantitative estimate of drug-likeness (QED) is 0.586. The van der Waals surface area contributed by atoms with Crippen molar-refractivity contribution in [3.63, 3.8) is 0 Å². The maximum Gasteiger partial charge on any atom is 0.311 e. The minimum Gasteiger partial charge on any atom is -0.481 e. The van der Waals surface area contributed by atoms with Gasteiger partial charge in [-0.05, 0) is 20.8 Å². The Morgan fingerprint density at radius 2 is 1.94 bits per heavy atom. The summed E-state index contributed by atoms with van der Waals surface area (Å²) in [6.45, 7) is 2.54. The van der Waals surface area contributed by atoms with Crippen LogP contribution in [0.3, 0.4) is 0 Å². The lowest BCUT2D eigenvalue weighted by Gasteiger charge is -2.29. The van der Waals surface area contributed by atoms with Crippen molar-refractivity contribution in [2.75, 3.05) is 27.6 Å². The van der Waals surface area contributed by atoms with Crippen molar-refractivity contribution in [2.45, 2.75) is 33.3 Å². The van der Waals surface area contributed by atoms with Gasteiger partial charge in [-0.3, -0.25) is 9.59 Å². The summed E-state index contributed by atoms with van der Waals surface area (Å²) in [6.07, 6.45) is -1.39. The van der Waals surface area contributed by atoms with Gasteiger partial charge in [0.25, 0.3) is 0 Å². The molecule has 0 aliphatic heterocycles. The average molecular weight is 249 g/mol. The Morgan fingerprint density at radius 1 is 1.41 bits per heavy atom. The van der Waals surface area contributed by atoms with E-state index in [1.807, 2.05) is 0 Å². The van der Waals surface area contributed by atoms with Crippen LogP contribution in [-0.2, 0) is 14.3 Å². The van der Waals surface area contributed by atoms with E-state index in [1.54, 1.807) is 20.8 Å². The van der Waals surface area contributed by atoms with Crippen LogP contribution in [0.25, 0.3) is 0 Å². The van der Waals surface area contributed by atoms with Gasteiger partial charge >= 0.3 is 11.9 Å². The van der Waals surface area contributed by atoms with Gasteiger partial charge in [-0.25, -0.2) is 0 Å². The first-order valence-electron chi connectivity index (χ1n) is 6.93. The van der Waals surface area contributed by atoms with Crippen LogP contribution in [0.2, 0.25) is 0 Å². The predicted octanol–water partition coefficient (Wildman–Crippen LogP) is 1.13. The third-order valence-corrected chi connectivity index (χ3v) is 1.95. The number of carboxylic acid groups (broad SMARTS) is 1. The summed E-state index contributed by atoms with van der Waals surface area (Å²) in [5.41, 5.74) is -0.770. The Hall–Kier alpha value is -1.10. The molecule has 0 fully saturated rings. The van der Waals surface area contributed by atoms with Gasteiger partial charge in [-0.15, -0.1) is 0 Å². The fraction of sp³-hybridized carbons (Fsp3) is 0.833. The van der Waals surface area contributed by atoms with Crippen molar-refractivity contribution in [3.05, 3.63) is 0 Å². The standard InChI is InChI=1S/C12H23NO4/c1-12(2,3)11(16)17-9(7-10(14)15)8-13(4,5)6/h9H,7-8H2,1-6H3/p+1/t9-/m1/s1/i4D3. The average Bonchev–Trinajstić information content (AvgIpc) is 2.11. The molecule has 0 aromatic carbocycles. The molecule has 0 aliphatic rings. The lowest BCUT2D eigenvalue weighted by atomic mass is 9.97. The maximum absolute atomic E-state index is 11.8.